The first-order chi connectivity index (χ1) is 23.3. The Morgan fingerprint density at radius 2 is 1.15 bits per heavy atom. The SMILES string of the molecule is CC/C=C\C/C=C\C/C=C\C/C=C\CCCCCCC(=O)OC(COC(=O)CCCCCCC/C=C\CCC)COP(=O)(O)OCCN. The molecule has 0 radical (unpaired) electrons. The van der Waals surface area contributed by atoms with Gasteiger partial charge in [-0.3, -0.25) is 18.6 Å². The molecule has 0 spiro atoms. The number of allylic oxidation sites excluding steroid dienone is 10. The van der Waals surface area contributed by atoms with E-state index in [0.717, 1.165) is 89.9 Å². The minimum Gasteiger partial charge on any atom is -0.462 e. The molecule has 48 heavy (non-hydrogen) atoms. The number of hydrogen-bond donors (Lipinski definition) is 2. The van der Waals surface area contributed by atoms with Gasteiger partial charge in [0.15, 0.2) is 6.10 Å². The number of hydrogen-bond acceptors (Lipinski definition) is 8. The van der Waals surface area contributed by atoms with Crippen LogP contribution in [-0.4, -0.2) is 49.3 Å². The summed E-state index contributed by atoms with van der Waals surface area (Å²) in [5.74, 6) is -0.878. The van der Waals surface area contributed by atoms with Gasteiger partial charge >= 0.3 is 19.8 Å². The molecule has 0 saturated carbocycles. The summed E-state index contributed by atoms with van der Waals surface area (Å²) in [5, 5.41) is 0. The van der Waals surface area contributed by atoms with E-state index in [0.29, 0.717) is 12.8 Å². The standard InChI is InChI=1S/C38H66NO8P/c1-3-5-7-9-11-13-15-16-17-18-19-20-21-23-25-27-29-31-38(41)47-36(35-46-48(42,43)45-33-32-39)34-44-37(40)30-28-26-24-22-14-12-10-8-6-4-2/h5,7-8,10-11,13,16-17,19-20,36H,3-4,6,9,12,14-15,18,21-35,39H2,1-2H3,(H,42,43)/b7-5-,10-8-,13-11-,17-16-,20-19-. The third-order valence-electron chi connectivity index (χ3n) is 7.12. The zero-order chi connectivity index (χ0) is 35.4. The number of phosphoric ester groups is 1. The highest BCUT2D eigenvalue weighted by Gasteiger charge is 2.25. The summed E-state index contributed by atoms with van der Waals surface area (Å²) in [6, 6.07) is 0. The maximum Gasteiger partial charge on any atom is 0.472 e. The van der Waals surface area contributed by atoms with E-state index in [4.69, 9.17) is 24.3 Å². The Kier molecular flexibility index (Phi) is 32.9. The third-order valence-corrected chi connectivity index (χ3v) is 8.10. The second-order valence-corrected chi connectivity index (χ2v) is 13.2. The molecule has 0 aliphatic heterocycles. The van der Waals surface area contributed by atoms with Crippen molar-refractivity contribution in [3.05, 3.63) is 60.8 Å². The van der Waals surface area contributed by atoms with Gasteiger partial charge in [-0.15, -0.1) is 0 Å². The molecule has 0 aromatic rings. The van der Waals surface area contributed by atoms with Crippen LogP contribution in [0.25, 0.3) is 0 Å². The van der Waals surface area contributed by atoms with E-state index in [1.165, 1.54) is 6.42 Å². The molecular formula is C38H66NO8P. The molecule has 0 aromatic carbocycles. The molecule has 276 valence electrons. The van der Waals surface area contributed by atoms with E-state index in [-0.39, 0.29) is 32.6 Å². The lowest BCUT2D eigenvalue weighted by Gasteiger charge is -2.19. The fraction of sp³-hybridized carbons (Fsp3) is 0.684. The fourth-order valence-electron chi connectivity index (χ4n) is 4.45. The van der Waals surface area contributed by atoms with Crippen LogP contribution in [0, 0.1) is 0 Å². The van der Waals surface area contributed by atoms with E-state index in [2.05, 4.69) is 74.6 Å². The molecule has 0 heterocycles. The summed E-state index contributed by atoms with van der Waals surface area (Å²) in [6.45, 7) is 3.48. The number of esters is 2. The van der Waals surface area contributed by atoms with Crippen molar-refractivity contribution in [1.29, 1.82) is 0 Å². The van der Waals surface area contributed by atoms with Gasteiger partial charge in [0, 0.05) is 19.4 Å². The Morgan fingerprint density at radius 1 is 0.646 bits per heavy atom. The molecule has 0 aromatic heterocycles. The second kappa shape index (κ2) is 34.6. The highest BCUT2D eigenvalue weighted by Crippen LogP contribution is 2.43. The lowest BCUT2D eigenvalue weighted by Crippen LogP contribution is -2.29. The van der Waals surface area contributed by atoms with E-state index >= 15 is 0 Å². The van der Waals surface area contributed by atoms with E-state index in [1.807, 2.05) is 0 Å². The van der Waals surface area contributed by atoms with E-state index in [1.54, 1.807) is 0 Å². The first kappa shape index (κ1) is 45.7. The van der Waals surface area contributed by atoms with Crippen molar-refractivity contribution < 1.29 is 37.6 Å². The van der Waals surface area contributed by atoms with Gasteiger partial charge in [-0.25, -0.2) is 4.57 Å². The van der Waals surface area contributed by atoms with Crippen molar-refractivity contribution in [3.8, 4) is 0 Å². The summed E-state index contributed by atoms with van der Waals surface area (Å²) in [7, 11) is -4.38. The Hall–Kier alpha value is -2.29. The first-order valence-corrected chi connectivity index (χ1v) is 19.8. The van der Waals surface area contributed by atoms with Crippen LogP contribution in [-0.2, 0) is 32.7 Å². The minimum atomic E-state index is -4.38. The largest absolute Gasteiger partial charge is 0.472 e. The Labute approximate surface area is 291 Å². The van der Waals surface area contributed by atoms with E-state index < -0.39 is 32.5 Å². The van der Waals surface area contributed by atoms with Gasteiger partial charge in [0.2, 0.25) is 0 Å². The zero-order valence-electron chi connectivity index (χ0n) is 29.9. The van der Waals surface area contributed by atoms with Gasteiger partial charge in [-0.1, -0.05) is 113 Å². The van der Waals surface area contributed by atoms with Gasteiger partial charge in [0.1, 0.15) is 6.61 Å². The van der Waals surface area contributed by atoms with Crippen LogP contribution in [0.4, 0.5) is 0 Å². The van der Waals surface area contributed by atoms with Crippen LogP contribution in [0.1, 0.15) is 136 Å². The molecule has 2 atom stereocenters. The quantitative estimate of drug-likeness (QED) is 0.0298. The molecule has 0 rings (SSSR count). The predicted octanol–water partition coefficient (Wildman–Crippen LogP) is 9.77. The number of ether oxygens (including phenoxy) is 2. The summed E-state index contributed by atoms with van der Waals surface area (Å²) >= 11 is 0. The van der Waals surface area contributed by atoms with Crippen LogP contribution in [0.5, 0.6) is 0 Å². The number of phosphoric acid groups is 1. The molecule has 0 bridgehead atoms. The molecule has 10 heteroatoms. The fourth-order valence-corrected chi connectivity index (χ4v) is 5.21. The van der Waals surface area contributed by atoms with Crippen LogP contribution in [0.3, 0.4) is 0 Å². The van der Waals surface area contributed by atoms with Crippen molar-refractivity contribution >= 4 is 19.8 Å². The lowest BCUT2D eigenvalue weighted by molar-refractivity contribution is -0.161. The average Bonchev–Trinajstić information content (AvgIpc) is 3.07. The number of unbranched alkanes of at least 4 members (excludes halogenated alkanes) is 10. The van der Waals surface area contributed by atoms with Gasteiger partial charge in [0.25, 0.3) is 0 Å². The summed E-state index contributed by atoms with van der Waals surface area (Å²) in [6.07, 6.45) is 38.3. The smallest absolute Gasteiger partial charge is 0.462 e. The van der Waals surface area contributed by atoms with Crippen molar-refractivity contribution in [1.82, 2.24) is 0 Å². The third kappa shape index (κ3) is 33.6. The molecule has 0 aliphatic rings. The van der Waals surface area contributed by atoms with Crippen LogP contribution < -0.4 is 5.73 Å². The Morgan fingerprint density at radius 3 is 1.73 bits per heavy atom. The van der Waals surface area contributed by atoms with Crippen LogP contribution in [0.2, 0.25) is 0 Å². The number of rotatable bonds is 33. The first-order valence-electron chi connectivity index (χ1n) is 18.3. The highest BCUT2D eigenvalue weighted by atomic mass is 31.2. The van der Waals surface area contributed by atoms with Crippen molar-refractivity contribution in [2.45, 2.75) is 142 Å². The van der Waals surface area contributed by atoms with Crippen LogP contribution >= 0.6 is 7.82 Å². The lowest BCUT2D eigenvalue weighted by atomic mass is 10.1. The van der Waals surface area contributed by atoms with Gasteiger partial charge in [0.05, 0.1) is 13.2 Å². The normalized spacial score (nSPS) is 14.2. The Balaban J connectivity index is 4.31. The Bertz CT molecular complexity index is 976. The van der Waals surface area contributed by atoms with Gasteiger partial charge in [-0.05, 0) is 70.6 Å². The molecule has 0 saturated heterocycles. The maximum atomic E-state index is 12.5. The molecular weight excluding hydrogens is 629 g/mol. The molecule has 0 fully saturated rings. The number of nitrogens with two attached hydrogens (primary N) is 1. The zero-order valence-corrected chi connectivity index (χ0v) is 30.8. The van der Waals surface area contributed by atoms with Gasteiger partial charge in [-0.2, -0.15) is 0 Å². The predicted molar refractivity (Wildman–Crippen MR) is 196 cm³/mol. The second-order valence-electron chi connectivity index (χ2n) is 11.7. The maximum absolute atomic E-state index is 12.5. The molecule has 0 amide bonds. The molecule has 0 aliphatic carbocycles. The summed E-state index contributed by atoms with van der Waals surface area (Å²) < 4.78 is 32.5. The molecule has 9 nitrogen and oxygen atoms in total. The molecule has 3 N–H and O–H groups in total. The average molecular weight is 696 g/mol. The van der Waals surface area contributed by atoms with Crippen molar-refractivity contribution in [3.63, 3.8) is 0 Å². The van der Waals surface area contributed by atoms with Crippen molar-refractivity contribution in [2.24, 2.45) is 5.73 Å². The summed E-state index contributed by atoms with van der Waals surface area (Å²) in [5.41, 5.74) is 5.32. The monoisotopic (exact) mass is 695 g/mol. The van der Waals surface area contributed by atoms with E-state index in [9.17, 15) is 19.0 Å². The topological polar surface area (TPSA) is 134 Å². The van der Waals surface area contributed by atoms with Gasteiger partial charge < -0.3 is 20.1 Å². The number of carbonyl (C=O) groups excluding carboxylic acids is 2. The number of carbonyl (C=O) groups is 2. The van der Waals surface area contributed by atoms with Crippen molar-refractivity contribution in [2.75, 3.05) is 26.4 Å². The van der Waals surface area contributed by atoms with Crippen LogP contribution in [0.15, 0.2) is 60.8 Å². The molecule has 2 unspecified atom stereocenters. The summed E-state index contributed by atoms with van der Waals surface area (Å²) in [4.78, 5) is 34.6. The minimum absolute atomic E-state index is 0.0450. The highest BCUT2D eigenvalue weighted by molar-refractivity contribution is 7.47.